The van der Waals surface area contributed by atoms with Gasteiger partial charge in [-0.3, -0.25) is 4.79 Å². The molecule has 0 bridgehead atoms. The Balaban J connectivity index is 1.66. The highest BCUT2D eigenvalue weighted by atomic mass is 16.7. The number of carbonyl (C=O) groups is 1. The Morgan fingerprint density at radius 2 is 2.10 bits per heavy atom. The zero-order valence-electron chi connectivity index (χ0n) is 11.5. The van der Waals surface area contributed by atoms with Crippen LogP contribution in [-0.2, 0) is 9.47 Å². The number of likely N-dealkylation sites (N-methyl/N-ethyl adjacent to an activating group) is 1. The summed E-state index contributed by atoms with van der Waals surface area (Å²) in [7, 11) is 1.98. The van der Waals surface area contributed by atoms with E-state index in [0.29, 0.717) is 26.3 Å². The minimum Gasteiger partial charge on any atom is -0.360 e. The van der Waals surface area contributed by atoms with Gasteiger partial charge >= 0.3 is 0 Å². The van der Waals surface area contributed by atoms with Crippen LogP contribution >= 0.6 is 0 Å². The Morgan fingerprint density at radius 1 is 1.35 bits per heavy atom. The molecule has 2 aromatic rings. The van der Waals surface area contributed by atoms with Gasteiger partial charge in [0.2, 0.25) is 12.1 Å². The van der Waals surface area contributed by atoms with E-state index >= 15 is 0 Å². The van der Waals surface area contributed by atoms with Crippen LogP contribution in [-0.4, -0.2) is 50.4 Å². The smallest absolute Gasteiger partial charge is 0.218 e. The average Bonchev–Trinajstić information content (AvgIpc) is 3.07. The number of aromatic amines is 1. The van der Waals surface area contributed by atoms with Crippen LogP contribution in [0.3, 0.4) is 0 Å². The van der Waals surface area contributed by atoms with Gasteiger partial charge in [0.15, 0.2) is 0 Å². The van der Waals surface area contributed by atoms with E-state index in [1.165, 1.54) is 0 Å². The number of fused-ring (bicyclic) bond motifs is 1. The molecule has 1 aromatic carbocycles. The second-order valence-corrected chi connectivity index (χ2v) is 5.18. The summed E-state index contributed by atoms with van der Waals surface area (Å²) < 4.78 is 10.8. The molecule has 1 atom stereocenters. The van der Waals surface area contributed by atoms with Crippen LogP contribution in [0.15, 0.2) is 30.5 Å². The molecule has 0 aliphatic carbocycles. The molecule has 1 aliphatic heterocycles. The number of rotatable bonds is 5. The second kappa shape index (κ2) is 5.75. The highest BCUT2D eigenvalue weighted by molar-refractivity contribution is 6.08. The lowest BCUT2D eigenvalue weighted by molar-refractivity contribution is -0.876. The van der Waals surface area contributed by atoms with Gasteiger partial charge < -0.3 is 19.4 Å². The van der Waals surface area contributed by atoms with Gasteiger partial charge in [-0.2, -0.15) is 0 Å². The lowest BCUT2D eigenvalue weighted by atomic mass is 10.1. The van der Waals surface area contributed by atoms with Crippen LogP contribution in [0.2, 0.25) is 0 Å². The van der Waals surface area contributed by atoms with Crippen LogP contribution in [0, 0.1) is 0 Å². The minimum absolute atomic E-state index is 0.137. The summed E-state index contributed by atoms with van der Waals surface area (Å²) in [5, 5.41) is 0.985. The van der Waals surface area contributed by atoms with Crippen molar-refractivity contribution < 1.29 is 19.2 Å². The number of ketones is 1. The van der Waals surface area contributed by atoms with Gasteiger partial charge in [0, 0.05) is 22.7 Å². The summed E-state index contributed by atoms with van der Waals surface area (Å²) in [6.45, 7) is 2.42. The van der Waals surface area contributed by atoms with Gasteiger partial charge in [-0.15, -0.1) is 0 Å². The van der Waals surface area contributed by atoms with Gasteiger partial charge in [0.25, 0.3) is 0 Å². The summed E-state index contributed by atoms with van der Waals surface area (Å²) in [6.07, 6.45) is 1.62. The number of aromatic nitrogens is 1. The molecule has 0 saturated carbocycles. The Kier molecular flexibility index (Phi) is 3.82. The Bertz CT molecular complexity index is 602. The maximum absolute atomic E-state index is 12.4. The largest absolute Gasteiger partial charge is 0.360 e. The number of Topliss-reactive ketones (excluding diaryl/α,β-unsaturated/α-hetero) is 1. The predicted molar refractivity (Wildman–Crippen MR) is 74.9 cm³/mol. The fourth-order valence-electron chi connectivity index (χ4n) is 2.55. The number of benzene rings is 1. The van der Waals surface area contributed by atoms with Crippen molar-refractivity contribution in [2.45, 2.75) is 6.29 Å². The van der Waals surface area contributed by atoms with Crippen molar-refractivity contribution in [3.8, 4) is 0 Å². The van der Waals surface area contributed by atoms with Gasteiger partial charge in [-0.1, -0.05) is 18.2 Å². The monoisotopic (exact) mass is 275 g/mol. The van der Waals surface area contributed by atoms with Crippen LogP contribution in [0.1, 0.15) is 10.4 Å². The molecular formula is C15H19N2O3+. The molecule has 1 aliphatic rings. The molecule has 106 valence electrons. The normalized spacial score (nSPS) is 17.6. The third-order valence-electron chi connectivity index (χ3n) is 3.56. The molecule has 5 heteroatoms. The molecule has 0 spiro atoms. The van der Waals surface area contributed by atoms with Gasteiger partial charge in [-0.05, 0) is 6.07 Å². The fraction of sp³-hybridized carbons (Fsp3) is 0.400. The van der Waals surface area contributed by atoms with Crippen molar-refractivity contribution in [3.05, 3.63) is 36.0 Å². The SMILES string of the molecule is C[NH+](CC(=O)c1c[nH]c2ccccc12)CC1OCCO1. The lowest BCUT2D eigenvalue weighted by Crippen LogP contribution is -3.11. The molecule has 5 nitrogen and oxygen atoms in total. The van der Waals surface area contributed by atoms with Crippen LogP contribution in [0.5, 0.6) is 0 Å². The van der Waals surface area contributed by atoms with Crippen molar-refractivity contribution >= 4 is 16.7 Å². The van der Waals surface area contributed by atoms with E-state index in [9.17, 15) is 4.79 Å². The fourth-order valence-corrected chi connectivity index (χ4v) is 2.55. The number of nitrogens with one attached hydrogen (secondary N) is 2. The molecule has 0 radical (unpaired) electrons. The Morgan fingerprint density at radius 3 is 2.90 bits per heavy atom. The summed E-state index contributed by atoms with van der Waals surface area (Å²) in [5.74, 6) is 0.137. The lowest BCUT2D eigenvalue weighted by Gasteiger charge is -2.16. The highest BCUT2D eigenvalue weighted by Crippen LogP contribution is 2.17. The van der Waals surface area contributed by atoms with E-state index in [1.54, 1.807) is 6.20 Å². The van der Waals surface area contributed by atoms with Crippen molar-refractivity contribution in [1.82, 2.24) is 4.98 Å². The summed E-state index contributed by atoms with van der Waals surface area (Å²) >= 11 is 0. The minimum atomic E-state index is -0.175. The molecule has 3 rings (SSSR count). The molecule has 1 unspecified atom stereocenters. The maximum Gasteiger partial charge on any atom is 0.218 e. The van der Waals surface area contributed by atoms with E-state index in [2.05, 4.69) is 4.98 Å². The maximum atomic E-state index is 12.4. The van der Waals surface area contributed by atoms with Crippen LogP contribution in [0.25, 0.3) is 10.9 Å². The Hall–Kier alpha value is -1.69. The molecule has 2 heterocycles. The summed E-state index contributed by atoms with van der Waals surface area (Å²) in [6, 6.07) is 7.85. The van der Waals surface area contributed by atoms with E-state index in [4.69, 9.17) is 9.47 Å². The van der Waals surface area contributed by atoms with Crippen molar-refractivity contribution in [2.24, 2.45) is 0 Å². The first-order valence-electron chi connectivity index (χ1n) is 6.88. The molecule has 1 fully saturated rings. The third kappa shape index (κ3) is 2.75. The zero-order valence-corrected chi connectivity index (χ0v) is 11.5. The average molecular weight is 275 g/mol. The Labute approximate surface area is 117 Å². The summed E-state index contributed by atoms with van der Waals surface area (Å²) in [4.78, 5) is 16.6. The van der Waals surface area contributed by atoms with E-state index in [1.807, 2.05) is 31.3 Å². The number of quaternary nitrogens is 1. The van der Waals surface area contributed by atoms with Crippen LogP contribution in [0.4, 0.5) is 0 Å². The topological polar surface area (TPSA) is 55.8 Å². The molecule has 20 heavy (non-hydrogen) atoms. The molecular weight excluding hydrogens is 256 g/mol. The molecule has 1 saturated heterocycles. The number of hydrogen-bond acceptors (Lipinski definition) is 3. The van der Waals surface area contributed by atoms with Gasteiger partial charge in [0.05, 0.1) is 20.3 Å². The standard InChI is InChI=1S/C15H18N2O3/c1-17(10-15-19-6-7-20-15)9-14(18)12-8-16-13-5-3-2-4-11(12)13/h2-5,8,15-16H,6-7,9-10H2,1H3/p+1. The number of ether oxygens (including phenoxy) is 2. The second-order valence-electron chi connectivity index (χ2n) is 5.18. The highest BCUT2D eigenvalue weighted by Gasteiger charge is 2.23. The molecule has 0 amide bonds. The van der Waals surface area contributed by atoms with Crippen molar-refractivity contribution in [1.29, 1.82) is 0 Å². The molecule has 2 N–H and O–H groups in total. The zero-order chi connectivity index (χ0) is 13.9. The van der Waals surface area contributed by atoms with Crippen LogP contribution < -0.4 is 4.90 Å². The number of carbonyl (C=O) groups excluding carboxylic acids is 1. The van der Waals surface area contributed by atoms with E-state index in [-0.39, 0.29) is 12.1 Å². The number of para-hydroxylation sites is 1. The molecule has 1 aromatic heterocycles. The van der Waals surface area contributed by atoms with Gasteiger partial charge in [-0.25, -0.2) is 0 Å². The predicted octanol–water partition coefficient (Wildman–Crippen LogP) is 0.238. The first-order valence-corrected chi connectivity index (χ1v) is 6.88. The first-order chi connectivity index (χ1) is 9.74. The van der Waals surface area contributed by atoms with E-state index in [0.717, 1.165) is 21.4 Å². The number of hydrogen-bond donors (Lipinski definition) is 2. The van der Waals surface area contributed by atoms with Crippen molar-refractivity contribution in [3.63, 3.8) is 0 Å². The number of H-pyrrole nitrogens is 1. The van der Waals surface area contributed by atoms with E-state index < -0.39 is 0 Å². The summed E-state index contributed by atoms with van der Waals surface area (Å²) in [5.41, 5.74) is 1.75. The van der Waals surface area contributed by atoms with Gasteiger partial charge in [0.1, 0.15) is 13.1 Å². The third-order valence-corrected chi connectivity index (χ3v) is 3.56. The quantitative estimate of drug-likeness (QED) is 0.769. The van der Waals surface area contributed by atoms with Crippen molar-refractivity contribution in [2.75, 3.05) is 33.4 Å². The first kappa shape index (κ1) is 13.3.